The van der Waals surface area contributed by atoms with E-state index in [0.717, 1.165) is 31.1 Å². The highest BCUT2D eigenvalue weighted by Gasteiger charge is 2.15. The quantitative estimate of drug-likeness (QED) is 0.188. The predicted molar refractivity (Wildman–Crippen MR) is 162 cm³/mol. The number of rotatable bonds is 11. The zero-order valence-corrected chi connectivity index (χ0v) is 23.5. The van der Waals surface area contributed by atoms with Gasteiger partial charge >= 0.3 is 0 Å². The van der Waals surface area contributed by atoms with Gasteiger partial charge in [0, 0.05) is 29.5 Å². The van der Waals surface area contributed by atoms with Gasteiger partial charge < -0.3 is 20.7 Å². The second-order valence-corrected chi connectivity index (χ2v) is 10.2. The van der Waals surface area contributed by atoms with Crippen LogP contribution < -0.4 is 20.7 Å². The molecule has 42 heavy (non-hydrogen) atoms. The fraction of sp³-hybridized carbons (Fsp3) is 0.226. The fourth-order valence-corrected chi connectivity index (χ4v) is 4.73. The number of aromatic nitrogens is 2. The Morgan fingerprint density at radius 3 is 2.43 bits per heavy atom. The van der Waals surface area contributed by atoms with Crippen LogP contribution in [0.25, 0.3) is 0 Å². The van der Waals surface area contributed by atoms with Crippen molar-refractivity contribution >= 4 is 46.4 Å². The molecule has 216 valence electrons. The van der Waals surface area contributed by atoms with Crippen LogP contribution in [0.1, 0.15) is 39.1 Å². The van der Waals surface area contributed by atoms with Crippen molar-refractivity contribution in [1.29, 1.82) is 0 Å². The first kappa shape index (κ1) is 29.0. The Morgan fingerprint density at radius 1 is 0.881 bits per heavy atom. The molecule has 0 aliphatic carbocycles. The molecule has 1 aromatic heterocycles. The molecule has 0 atom stereocenters. The largest absolute Gasteiger partial charge is 0.492 e. The van der Waals surface area contributed by atoms with Gasteiger partial charge in [-0.1, -0.05) is 29.8 Å². The van der Waals surface area contributed by atoms with E-state index < -0.39 is 18.5 Å². The number of carbonyl (C=O) groups is 2. The van der Waals surface area contributed by atoms with E-state index in [-0.39, 0.29) is 10.6 Å². The topological polar surface area (TPSA) is 108 Å². The molecule has 0 bridgehead atoms. The minimum atomic E-state index is -0.672. The van der Waals surface area contributed by atoms with Crippen LogP contribution in [0.15, 0.2) is 79.1 Å². The van der Waals surface area contributed by atoms with Crippen molar-refractivity contribution in [2.24, 2.45) is 0 Å². The molecular formula is C31H30ClFN6O3. The number of benzene rings is 3. The zero-order valence-electron chi connectivity index (χ0n) is 22.8. The van der Waals surface area contributed by atoms with Gasteiger partial charge in [-0.3, -0.25) is 14.5 Å². The van der Waals surface area contributed by atoms with Crippen LogP contribution in [-0.2, 0) is 6.67 Å². The van der Waals surface area contributed by atoms with Gasteiger partial charge in [-0.15, -0.1) is 0 Å². The molecule has 9 nitrogen and oxygen atoms in total. The average Bonchev–Trinajstić information content (AvgIpc) is 3.53. The predicted octanol–water partition coefficient (Wildman–Crippen LogP) is 6.32. The molecule has 0 unspecified atom stereocenters. The number of ether oxygens (including phenoxy) is 1. The van der Waals surface area contributed by atoms with E-state index in [0.29, 0.717) is 35.1 Å². The first-order valence-electron chi connectivity index (χ1n) is 13.6. The highest BCUT2D eigenvalue weighted by Crippen LogP contribution is 2.24. The summed E-state index contributed by atoms with van der Waals surface area (Å²) in [6.45, 7) is 3.13. The Balaban J connectivity index is 1.17. The summed E-state index contributed by atoms with van der Waals surface area (Å²) in [5.41, 5.74) is 2.33. The van der Waals surface area contributed by atoms with Crippen molar-refractivity contribution in [2.45, 2.75) is 19.5 Å². The van der Waals surface area contributed by atoms with Gasteiger partial charge in [-0.2, -0.15) is 0 Å². The van der Waals surface area contributed by atoms with E-state index in [1.54, 1.807) is 24.3 Å². The summed E-state index contributed by atoms with van der Waals surface area (Å²) in [6.07, 6.45) is 5.45. The van der Waals surface area contributed by atoms with Crippen LogP contribution in [0, 0.1) is 0 Å². The number of hydrogen-bond donors (Lipinski definition) is 3. The average molecular weight is 589 g/mol. The normalized spacial score (nSPS) is 13.0. The van der Waals surface area contributed by atoms with E-state index in [1.165, 1.54) is 43.4 Å². The maximum atomic E-state index is 13.0. The number of hydrogen-bond acceptors (Lipinski definition) is 7. The number of nitrogens with zero attached hydrogens (tertiary/aromatic N) is 3. The van der Waals surface area contributed by atoms with Gasteiger partial charge in [0.1, 0.15) is 19.0 Å². The summed E-state index contributed by atoms with van der Waals surface area (Å²) in [5, 5.41) is 8.77. The van der Waals surface area contributed by atoms with Gasteiger partial charge in [0.05, 0.1) is 28.7 Å². The third-order valence-electron chi connectivity index (χ3n) is 6.69. The molecule has 5 rings (SSSR count). The molecule has 0 saturated carbocycles. The van der Waals surface area contributed by atoms with Crippen LogP contribution in [0.5, 0.6) is 5.75 Å². The summed E-state index contributed by atoms with van der Waals surface area (Å²) in [4.78, 5) is 36.6. The summed E-state index contributed by atoms with van der Waals surface area (Å²) < 4.78 is 18.9. The minimum Gasteiger partial charge on any atom is -0.492 e. The highest BCUT2D eigenvalue weighted by atomic mass is 35.5. The third-order valence-corrected chi connectivity index (χ3v) is 7.02. The Labute approximate surface area is 248 Å². The van der Waals surface area contributed by atoms with Crippen molar-refractivity contribution in [3.05, 3.63) is 101 Å². The maximum Gasteiger partial charge on any atom is 0.257 e. The summed E-state index contributed by atoms with van der Waals surface area (Å²) in [6, 6.07) is 18.4. The summed E-state index contributed by atoms with van der Waals surface area (Å²) in [7, 11) is 0. The number of alkyl halides is 1. The van der Waals surface area contributed by atoms with Crippen LogP contribution in [-0.4, -0.2) is 52.9 Å². The lowest BCUT2D eigenvalue weighted by Gasteiger charge is -2.15. The minimum absolute atomic E-state index is 0.149. The standard InChI is InChI=1S/C31H30ClFN6O3/c32-28-10-9-24(36-29(40)22-6-3-5-21(15-22)18-33)17-27(28)30(41)37-25-19-34-31(35-20-25)38-23-7-4-8-26(16-23)42-14-13-39-11-1-2-12-39/h3-10,15-17,19-20H,1-2,11-14,18H2,(H,36,40)(H,37,41)(H,34,35,38). The molecule has 4 aromatic rings. The third kappa shape index (κ3) is 7.80. The van der Waals surface area contributed by atoms with Crippen LogP contribution in [0.2, 0.25) is 5.02 Å². The SMILES string of the molecule is O=C(Nc1ccc(Cl)c(C(=O)Nc2cnc(Nc3cccc(OCCN4CCCC4)c3)nc2)c1)c1cccc(CF)c1. The first-order chi connectivity index (χ1) is 20.5. The Kier molecular flexibility index (Phi) is 9.58. The van der Waals surface area contributed by atoms with E-state index >= 15 is 0 Å². The van der Waals surface area contributed by atoms with Gasteiger partial charge in [-0.05, 0) is 74.0 Å². The fourth-order valence-electron chi connectivity index (χ4n) is 4.52. The molecular weight excluding hydrogens is 559 g/mol. The maximum absolute atomic E-state index is 13.0. The zero-order chi connectivity index (χ0) is 29.3. The number of anilines is 4. The molecule has 11 heteroatoms. The molecule has 1 saturated heterocycles. The first-order valence-corrected chi connectivity index (χ1v) is 14.0. The number of carbonyl (C=O) groups excluding carboxylic acids is 2. The van der Waals surface area contributed by atoms with Crippen LogP contribution in [0.4, 0.5) is 27.4 Å². The molecule has 1 aliphatic rings. The summed E-state index contributed by atoms with van der Waals surface area (Å²) in [5.74, 6) is 0.168. The molecule has 3 aromatic carbocycles. The van der Waals surface area contributed by atoms with E-state index in [1.807, 2.05) is 24.3 Å². The monoisotopic (exact) mass is 588 g/mol. The highest BCUT2D eigenvalue weighted by molar-refractivity contribution is 6.34. The Bertz CT molecular complexity index is 1550. The smallest absolute Gasteiger partial charge is 0.257 e. The van der Waals surface area contributed by atoms with Crippen LogP contribution in [0.3, 0.4) is 0 Å². The van der Waals surface area contributed by atoms with Crippen molar-refractivity contribution in [2.75, 3.05) is 42.2 Å². The lowest BCUT2D eigenvalue weighted by atomic mass is 10.1. The molecule has 2 amide bonds. The van der Waals surface area contributed by atoms with E-state index in [2.05, 4.69) is 30.8 Å². The lowest BCUT2D eigenvalue weighted by Crippen LogP contribution is -2.25. The van der Waals surface area contributed by atoms with Crippen molar-refractivity contribution in [3.8, 4) is 5.75 Å². The van der Waals surface area contributed by atoms with E-state index in [9.17, 15) is 14.0 Å². The van der Waals surface area contributed by atoms with Crippen LogP contribution >= 0.6 is 11.6 Å². The van der Waals surface area contributed by atoms with Gasteiger partial charge in [0.15, 0.2) is 0 Å². The lowest BCUT2D eigenvalue weighted by molar-refractivity contribution is 0.101. The number of amides is 2. The molecule has 0 spiro atoms. The van der Waals surface area contributed by atoms with Crippen molar-refractivity contribution in [1.82, 2.24) is 14.9 Å². The van der Waals surface area contributed by atoms with Gasteiger partial charge in [0.2, 0.25) is 5.95 Å². The van der Waals surface area contributed by atoms with E-state index in [4.69, 9.17) is 16.3 Å². The molecule has 2 heterocycles. The number of halogens is 2. The summed E-state index contributed by atoms with van der Waals surface area (Å²) >= 11 is 6.27. The molecule has 0 radical (unpaired) electrons. The van der Waals surface area contributed by atoms with Gasteiger partial charge in [0.25, 0.3) is 11.8 Å². The van der Waals surface area contributed by atoms with Crippen molar-refractivity contribution < 1.29 is 18.7 Å². The molecule has 3 N–H and O–H groups in total. The number of nitrogens with one attached hydrogen (secondary N) is 3. The van der Waals surface area contributed by atoms with Gasteiger partial charge in [-0.25, -0.2) is 14.4 Å². The molecule has 1 aliphatic heterocycles. The Morgan fingerprint density at radius 2 is 1.64 bits per heavy atom. The Hall–Kier alpha value is -4.54. The number of likely N-dealkylation sites (tertiary alicyclic amines) is 1. The second kappa shape index (κ2) is 13.9. The second-order valence-electron chi connectivity index (χ2n) is 9.78. The molecule has 1 fully saturated rings. The van der Waals surface area contributed by atoms with Crippen molar-refractivity contribution in [3.63, 3.8) is 0 Å².